The van der Waals surface area contributed by atoms with Crippen LogP contribution < -0.4 is 21.5 Å². The van der Waals surface area contributed by atoms with Gasteiger partial charge in [0.05, 0.1) is 10.2 Å². The normalized spacial score (nSPS) is 11.6. The minimum atomic E-state index is -0.467. The molecule has 0 aliphatic heterocycles. The minimum absolute atomic E-state index is 0.239. The Morgan fingerprint density at radius 1 is 1.12 bits per heavy atom. The van der Waals surface area contributed by atoms with Crippen LogP contribution >= 0.6 is 23.6 Å². The van der Waals surface area contributed by atoms with Crippen LogP contribution in [-0.4, -0.2) is 22.0 Å². The van der Waals surface area contributed by atoms with Gasteiger partial charge in [-0.25, -0.2) is 4.98 Å². The number of rotatable bonds is 4. The van der Waals surface area contributed by atoms with Crippen LogP contribution in [0, 0.1) is 6.92 Å². The lowest BCUT2D eigenvalue weighted by molar-refractivity contribution is -0.122. The summed E-state index contributed by atoms with van der Waals surface area (Å²) >= 11 is 6.69. The summed E-state index contributed by atoms with van der Waals surface area (Å²) in [7, 11) is 0. The highest BCUT2D eigenvalue weighted by Gasteiger charge is 2.14. The Morgan fingerprint density at radius 3 is 2.58 bits per heavy atom. The first kappa shape index (κ1) is 18.1. The van der Waals surface area contributed by atoms with Crippen molar-refractivity contribution in [2.24, 2.45) is 0 Å². The summed E-state index contributed by atoms with van der Waals surface area (Å²) in [5.41, 5.74) is 8.22. The molecule has 6 nitrogen and oxygen atoms in total. The average molecular weight is 386 g/mol. The predicted octanol–water partition coefficient (Wildman–Crippen LogP) is 3.42. The molecule has 3 aromatic rings. The second-order valence-electron chi connectivity index (χ2n) is 5.79. The highest BCUT2D eigenvalue weighted by atomic mass is 32.1. The number of anilines is 2. The van der Waals surface area contributed by atoms with E-state index in [4.69, 9.17) is 12.2 Å². The maximum atomic E-state index is 12.2. The summed E-state index contributed by atoms with van der Waals surface area (Å²) in [6.07, 6.45) is 0. The smallest absolute Gasteiger partial charge is 0.260 e. The molecule has 134 valence electrons. The Balaban J connectivity index is 1.49. The van der Waals surface area contributed by atoms with E-state index in [2.05, 4.69) is 26.5 Å². The first-order valence-corrected chi connectivity index (χ1v) is 9.29. The van der Waals surface area contributed by atoms with Crippen molar-refractivity contribution in [2.75, 3.05) is 10.6 Å². The van der Waals surface area contributed by atoms with Gasteiger partial charge in [0.15, 0.2) is 10.2 Å². The van der Waals surface area contributed by atoms with E-state index in [-0.39, 0.29) is 5.91 Å². The largest absolute Gasteiger partial charge is 0.350 e. The second-order valence-corrected chi connectivity index (χ2v) is 7.23. The SMILES string of the molecule is Cc1ccc(NC(=S)NNC(=O)[C@@H](C)Nc2nc3ccccc3s2)cc1. The molecular weight excluding hydrogens is 366 g/mol. The molecule has 8 heteroatoms. The van der Waals surface area contributed by atoms with Crippen molar-refractivity contribution in [2.45, 2.75) is 19.9 Å². The van der Waals surface area contributed by atoms with E-state index in [0.29, 0.717) is 10.2 Å². The number of thiazole rings is 1. The van der Waals surface area contributed by atoms with Crippen LogP contribution in [0.2, 0.25) is 0 Å². The summed E-state index contributed by atoms with van der Waals surface area (Å²) in [6, 6.07) is 15.2. The second kappa shape index (κ2) is 8.11. The number of hydrogen-bond acceptors (Lipinski definition) is 5. The van der Waals surface area contributed by atoms with Gasteiger partial charge in [-0.05, 0) is 50.3 Å². The van der Waals surface area contributed by atoms with Gasteiger partial charge in [-0.3, -0.25) is 15.6 Å². The Morgan fingerprint density at radius 2 is 1.85 bits per heavy atom. The fourth-order valence-corrected chi connectivity index (χ4v) is 3.33. The van der Waals surface area contributed by atoms with Crippen molar-refractivity contribution in [1.29, 1.82) is 0 Å². The van der Waals surface area contributed by atoms with Crippen molar-refractivity contribution in [3.63, 3.8) is 0 Å². The Labute approximate surface area is 161 Å². The maximum Gasteiger partial charge on any atom is 0.260 e. The molecule has 0 bridgehead atoms. The van der Waals surface area contributed by atoms with Crippen molar-refractivity contribution in [3.8, 4) is 0 Å². The van der Waals surface area contributed by atoms with Crippen molar-refractivity contribution >= 4 is 55.6 Å². The summed E-state index contributed by atoms with van der Waals surface area (Å²) in [6.45, 7) is 3.78. The van der Waals surface area contributed by atoms with Gasteiger partial charge in [0.2, 0.25) is 0 Å². The molecule has 0 aliphatic rings. The van der Waals surface area contributed by atoms with Gasteiger partial charge < -0.3 is 10.6 Å². The van der Waals surface area contributed by atoms with E-state index in [9.17, 15) is 4.79 Å². The van der Waals surface area contributed by atoms with Crippen LogP contribution in [0.15, 0.2) is 48.5 Å². The number of nitrogens with one attached hydrogen (secondary N) is 4. The number of nitrogens with zero attached hydrogens (tertiary/aromatic N) is 1. The lowest BCUT2D eigenvalue weighted by Gasteiger charge is -2.15. The zero-order valence-electron chi connectivity index (χ0n) is 14.4. The number of thiocarbonyl (C=S) groups is 1. The quantitative estimate of drug-likeness (QED) is 0.407. The molecule has 0 saturated carbocycles. The number of benzene rings is 2. The Kier molecular flexibility index (Phi) is 5.65. The molecule has 1 aromatic heterocycles. The van der Waals surface area contributed by atoms with Crippen molar-refractivity contribution in [3.05, 3.63) is 54.1 Å². The number of carbonyl (C=O) groups is 1. The van der Waals surface area contributed by atoms with Gasteiger partial charge in [0.25, 0.3) is 5.91 Å². The molecule has 1 amide bonds. The first-order chi connectivity index (χ1) is 12.5. The number of hydrogen-bond donors (Lipinski definition) is 4. The minimum Gasteiger partial charge on any atom is -0.350 e. The maximum absolute atomic E-state index is 12.2. The standard InChI is InChI=1S/C18H19N5OS2/c1-11-7-9-13(10-8-11)20-17(25)23-22-16(24)12(2)19-18-21-14-5-3-4-6-15(14)26-18/h3-10,12H,1-2H3,(H,19,21)(H,22,24)(H2,20,23,25)/t12-/m1/s1. The van der Waals surface area contributed by atoms with E-state index < -0.39 is 6.04 Å². The lowest BCUT2D eigenvalue weighted by atomic mass is 10.2. The molecule has 0 fully saturated rings. The van der Waals surface area contributed by atoms with E-state index in [1.54, 1.807) is 6.92 Å². The molecular formula is C18H19N5OS2. The third kappa shape index (κ3) is 4.68. The molecule has 0 spiro atoms. The van der Waals surface area contributed by atoms with E-state index in [1.807, 2.05) is 55.5 Å². The molecule has 2 aromatic carbocycles. The molecule has 0 saturated heterocycles. The summed E-state index contributed by atoms with van der Waals surface area (Å²) in [5.74, 6) is -0.239. The van der Waals surface area contributed by atoms with Gasteiger partial charge in [-0.2, -0.15) is 0 Å². The van der Waals surface area contributed by atoms with Gasteiger partial charge >= 0.3 is 0 Å². The molecule has 3 rings (SSSR count). The third-order valence-corrected chi connectivity index (χ3v) is 4.81. The van der Waals surface area contributed by atoms with Crippen LogP contribution in [0.25, 0.3) is 10.2 Å². The molecule has 4 N–H and O–H groups in total. The van der Waals surface area contributed by atoms with Gasteiger partial charge in [0, 0.05) is 5.69 Å². The van der Waals surface area contributed by atoms with Gasteiger partial charge in [-0.1, -0.05) is 41.2 Å². The number of fused-ring (bicyclic) bond motifs is 1. The number of para-hydroxylation sites is 1. The fourth-order valence-electron chi connectivity index (χ4n) is 2.21. The van der Waals surface area contributed by atoms with E-state index >= 15 is 0 Å². The number of aromatic nitrogens is 1. The highest BCUT2D eigenvalue weighted by molar-refractivity contribution is 7.80. The van der Waals surface area contributed by atoms with Crippen LogP contribution in [0.5, 0.6) is 0 Å². The molecule has 0 unspecified atom stereocenters. The zero-order valence-corrected chi connectivity index (χ0v) is 16.0. The zero-order chi connectivity index (χ0) is 18.5. The number of carbonyl (C=O) groups excluding carboxylic acids is 1. The number of amides is 1. The number of hydrazine groups is 1. The fraction of sp³-hybridized carbons (Fsp3) is 0.167. The summed E-state index contributed by atoms with van der Waals surface area (Å²) < 4.78 is 1.07. The highest BCUT2D eigenvalue weighted by Crippen LogP contribution is 2.25. The molecule has 1 atom stereocenters. The lowest BCUT2D eigenvalue weighted by Crippen LogP contribution is -2.49. The van der Waals surface area contributed by atoms with E-state index in [0.717, 1.165) is 21.5 Å². The Hall–Kier alpha value is -2.71. The monoisotopic (exact) mass is 385 g/mol. The van der Waals surface area contributed by atoms with Crippen LogP contribution in [0.4, 0.5) is 10.8 Å². The van der Waals surface area contributed by atoms with Gasteiger partial charge in [0.1, 0.15) is 6.04 Å². The molecule has 26 heavy (non-hydrogen) atoms. The van der Waals surface area contributed by atoms with Crippen molar-refractivity contribution < 1.29 is 4.79 Å². The van der Waals surface area contributed by atoms with Crippen LogP contribution in [0.1, 0.15) is 12.5 Å². The third-order valence-electron chi connectivity index (χ3n) is 3.64. The molecule has 1 heterocycles. The summed E-state index contributed by atoms with van der Waals surface area (Å²) in [5, 5.41) is 7.13. The molecule has 0 aliphatic carbocycles. The van der Waals surface area contributed by atoms with E-state index in [1.165, 1.54) is 11.3 Å². The van der Waals surface area contributed by atoms with Crippen molar-refractivity contribution in [1.82, 2.24) is 15.8 Å². The predicted molar refractivity (Wildman–Crippen MR) is 111 cm³/mol. The molecule has 0 radical (unpaired) electrons. The number of aryl methyl sites for hydroxylation is 1. The first-order valence-electron chi connectivity index (χ1n) is 8.07. The van der Waals surface area contributed by atoms with Crippen LogP contribution in [0.3, 0.4) is 0 Å². The average Bonchev–Trinajstić information content (AvgIpc) is 3.03. The van der Waals surface area contributed by atoms with Gasteiger partial charge in [-0.15, -0.1) is 0 Å². The summed E-state index contributed by atoms with van der Waals surface area (Å²) in [4.78, 5) is 16.7. The van der Waals surface area contributed by atoms with Crippen LogP contribution in [-0.2, 0) is 4.79 Å². The Bertz CT molecular complexity index is 890. The topological polar surface area (TPSA) is 78.1 Å².